The van der Waals surface area contributed by atoms with E-state index in [1.807, 2.05) is 80.8 Å². The standard InChI is InChI=1S/C23H26N2O3/c1-25(2)12-13-27-21-9-5-6-18(14-21)16-24-23(26)17-28-22-11-10-19-7-3-4-8-20(19)15-22/h3-11,14-15H,12-13,16-17H2,1-2H3,(H,24,26). The van der Waals surface area contributed by atoms with E-state index in [9.17, 15) is 4.79 Å². The van der Waals surface area contributed by atoms with Gasteiger partial charge in [0.15, 0.2) is 6.61 Å². The van der Waals surface area contributed by atoms with Gasteiger partial charge in [-0.1, -0.05) is 42.5 Å². The van der Waals surface area contributed by atoms with E-state index in [4.69, 9.17) is 9.47 Å². The van der Waals surface area contributed by atoms with Gasteiger partial charge in [-0.25, -0.2) is 0 Å². The number of carbonyl (C=O) groups is 1. The summed E-state index contributed by atoms with van der Waals surface area (Å²) in [4.78, 5) is 14.2. The van der Waals surface area contributed by atoms with E-state index in [0.29, 0.717) is 18.9 Å². The summed E-state index contributed by atoms with van der Waals surface area (Å²) >= 11 is 0. The highest BCUT2D eigenvalue weighted by molar-refractivity contribution is 5.84. The summed E-state index contributed by atoms with van der Waals surface area (Å²) < 4.78 is 11.3. The van der Waals surface area contributed by atoms with Crippen LogP contribution in [0.2, 0.25) is 0 Å². The topological polar surface area (TPSA) is 50.8 Å². The molecule has 0 fully saturated rings. The van der Waals surface area contributed by atoms with Crippen molar-refractivity contribution >= 4 is 16.7 Å². The zero-order chi connectivity index (χ0) is 19.8. The number of hydrogen-bond acceptors (Lipinski definition) is 4. The monoisotopic (exact) mass is 378 g/mol. The van der Waals surface area contributed by atoms with Gasteiger partial charge in [0.05, 0.1) is 0 Å². The first-order valence-electron chi connectivity index (χ1n) is 9.35. The number of fused-ring (bicyclic) bond motifs is 1. The van der Waals surface area contributed by atoms with Crippen molar-refractivity contribution in [1.29, 1.82) is 0 Å². The molecule has 0 aliphatic carbocycles. The number of nitrogens with zero attached hydrogens (tertiary/aromatic N) is 1. The van der Waals surface area contributed by atoms with Crippen LogP contribution in [0, 0.1) is 0 Å². The smallest absolute Gasteiger partial charge is 0.258 e. The summed E-state index contributed by atoms with van der Waals surface area (Å²) in [6, 6.07) is 21.6. The fourth-order valence-electron chi connectivity index (χ4n) is 2.75. The molecule has 0 heterocycles. The minimum atomic E-state index is -0.160. The number of ether oxygens (including phenoxy) is 2. The third-order valence-electron chi connectivity index (χ3n) is 4.29. The summed E-state index contributed by atoms with van der Waals surface area (Å²) in [6.45, 7) is 1.90. The van der Waals surface area contributed by atoms with Crippen molar-refractivity contribution in [2.75, 3.05) is 33.9 Å². The molecule has 0 aromatic heterocycles. The number of rotatable bonds is 9. The van der Waals surface area contributed by atoms with Gasteiger partial charge in [0.1, 0.15) is 18.1 Å². The number of likely N-dealkylation sites (N-methyl/N-ethyl adjacent to an activating group) is 1. The summed E-state index contributed by atoms with van der Waals surface area (Å²) in [7, 11) is 4.02. The second-order valence-corrected chi connectivity index (χ2v) is 6.87. The van der Waals surface area contributed by atoms with Gasteiger partial charge < -0.3 is 19.7 Å². The Kier molecular flexibility index (Phi) is 6.87. The number of carbonyl (C=O) groups excluding carboxylic acids is 1. The van der Waals surface area contributed by atoms with Crippen LogP contribution in [-0.4, -0.2) is 44.7 Å². The van der Waals surface area contributed by atoms with E-state index in [1.54, 1.807) is 0 Å². The second-order valence-electron chi connectivity index (χ2n) is 6.87. The largest absolute Gasteiger partial charge is 0.492 e. The van der Waals surface area contributed by atoms with Crippen LogP contribution >= 0.6 is 0 Å². The van der Waals surface area contributed by atoms with Crippen molar-refractivity contribution in [3.05, 3.63) is 72.3 Å². The molecule has 3 rings (SSSR count). The maximum atomic E-state index is 12.1. The lowest BCUT2D eigenvalue weighted by molar-refractivity contribution is -0.123. The first kappa shape index (κ1) is 19.7. The average molecular weight is 378 g/mol. The van der Waals surface area contributed by atoms with Gasteiger partial charge in [0, 0.05) is 13.1 Å². The molecule has 0 aliphatic heterocycles. The lowest BCUT2D eigenvalue weighted by Crippen LogP contribution is -2.28. The van der Waals surface area contributed by atoms with E-state index in [0.717, 1.165) is 28.6 Å². The Morgan fingerprint density at radius 2 is 1.68 bits per heavy atom. The third kappa shape index (κ3) is 5.99. The van der Waals surface area contributed by atoms with Crippen LogP contribution in [0.1, 0.15) is 5.56 Å². The molecule has 1 amide bonds. The van der Waals surface area contributed by atoms with Crippen LogP contribution in [0.4, 0.5) is 0 Å². The molecule has 0 unspecified atom stereocenters. The molecule has 0 bridgehead atoms. The fourth-order valence-corrected chi connectivity index (χ4v) is 2.75. The Bertz CT molecular complexity index is 924. The van der Waals surface area contributed by atoms with Crippen molar-refractivity contribution in [2.45, 2.75) is 6.54 Å². The molecule has 3 aromatic carbocycles. The lowest BCUT2D eigenvalue weighted by atomic mass is 10.1. The molecular formula is C23H26N2O3. The van der Waals surface area contributed by atoms with Crippen LogP contribution in [-0.2, 0) is 11.3 Å². The minimum absolute atomic E-state index is 0.0165. The molecule has 5 nitrogen and oxygen atoms in total. The Hall–Kier alpha value is -3.05. The molecule has 28 heavy (non-hydrogen) atoms. The summed E-state index contributed by atoms with van der Waals surface area (Å²) in [6.07, 6.45) is 0. The first-order chi connectivity index (χ1) is 13.6. The van der Waals surface area contributed by atoms with Gasteiger partial charge in [-0.15, -0.1) is 0 Å². The maximum absolute atomic E-state index is 12.1. The predicted molar refractivity (Wildman–Crippen MR) is 112 cm³/mol. The molecule has 3 aromatic rings. The average Bonchev–Trinajstić information content (AvgIpc) is 2.70. The van der Waals surface area contributed by atoms with Gasteiger partial charge in [0.2, 0.25) is 0 Å². The molecule has 5 heteroatoms. The van der Waals surface area contributed by atoms with E-state index >= 15 is 0 Å². The normalized spacial score (nSPS) is 10.8. The third-order valence-corrected chi connectivity index (χ3v) is 4.29. The Labute approximate surface area is 165 Å². The molecule has 146 valence electrons. The van der Waals surface area contributed by atoms with Crippen LogP contribution in [0.5, 0.6) is 11.5 Å². The highest BCUT2D eigenvalue weighted by atomic mass is 16.5. The molecule has 0 radical (unpaired) electrons. The number of amides is 1. The fraction of sp³-hybridized carbons (Fsp3) is 0.261. The van der Waals surface area contributed by atoms with E-state index in [2.05, 4.69) is 10.2 Å². The van der Waals surface area contributed by atoms with Crippen molar-refractivity contribution in [3.8, 4) is 11.5 Å². The van der Waals surface area contributed by atoms with Crippen LogP contribution in [0.25, 0.3) is 10.8 Å². The number of benzene rings is 3. The molecule has 1 N–H and O–H groups in total. The lowest BCUT2D eigenvalue weighted by Gasteiger charge is -2.12. The second kappa shape index (κ2) is 9.76. The minimum Gasteiger partial charge on any atom is -0.492 e. The Balaban J connectivity index is 1.46. The number of nitrogens with one attached hydrogen (secondary N) is 1. The molecule has 0 spiro atoms. The van der Waals surface area contributed by atoms with Crippen LogP contribution in [0.3, 0.4) is 0 Å². The molecular weight excluding hydrogens is 352 g/mol. The molecule has 0 aliphatic rings. The van der Waals surface area contributed by atoms with Gasteiger partial charge in [-0.2, -0.15) is 0 Å². The van der Waals surface area contributed by atoms with Crippen molar-refractivity contribution < 1.29 is 14.3 Å². The van der Waals surface area contributed by atoms with Crippen molar-refractivity contribution in [2.24, 2.45) is 0 Å². The Morgan fingerprint density at radius 1 is 0.893 bits per heavy atom. The highest BCUT2D eigenvalue weighted by Gasteiger charge is 2.05. The van der Waals surface area contributed by atoms with Crippen LogP contribution in [0.15, 0.2) is 66.7 Å². The maximum Gasteiger partial charge on any atom is 0.258 e. The predicted octanol–water partition coefficient (Wildman–Crippen LogP) is 3.48. The zero-order valence-electron chi connectivity index (χ0n) is 16.4. The molecule has 0 atom stereocenters. The van der Waals surface area contributed by atoms with Crippen LogP contribution < -0.4 is 14.8 Å². The molecule has 0 saturated heterocycles. The zero-order valence-corrected chi connectivity index (χ0v) is 16.4. The highest BCUT2D eigenvalue weighted by Crippen LogP contribution is 2.20. The van der Waals surface area contributed by atoms with E-state index in [-0.39, 0.29) is 12.5 Å². The Morgan fingerprint density at radius 3 is 2.50 bits per heavy atom. The van der Waals surface area contributed by atoms with E-state index < -0.39 is 0 Å². The van der Waals surface area contributed by atoms with Gasteiger partial charge in [0.25, 0.3) is 5.91 Å². The van der Waals surface area contributed by atoms with Gasteiger partial charge in [-0.05, 0) is 54.7 Å². The van der Waals surface area contributed by atoms with E-state index in [1.165, 1.54) is 0 Å². The summed E-state index contributed by atoms with van der Waals surface area (Å²) in [5.41, 5.74) is 0.987. The SMILES string of the molecule is CN(C)CCOc1cccc(CNC(=O)COc2ccc3ccccc3c2)c1. The number of hydrogen-bond donors (Lipinski definition) is 1. The van der Waals surface area contributed by atoms with Gasteiger partial charge >= 0.3 is 0 Å². The summed E-state index contributed by atoms with van der Waals surface area (Å²) in [5.74, 6) is 1.33. The quantitative estimate of drug-likeness (QED) is 0.619. The van der Waals surface area contributed by atoms with Crippen molar-refractivity contribution in [3.63, 3.8) is 0 Å². The molecule has 0 saturated carbocycles. The van der Waals surface area contributed by atoms with Crippen molar-refractivity contribution in [1.82, 2.24) is 10.2 Å². The summed E-state index contributed by atoms with van der Waals surface area (Å²) in [5, 5.41) is 5.11. The first-order valence-corrected chi connectivity index (χ1v) is 9.35. The van der Waals surface area contributed by atoms with Gasteiger partial charge in [-0.3, -0.25) is 4.79 Å².